The number of anilines is 1. The second kappa shape index (κ2) is 11.6. The minimum absolute atomic E-state index is 0.179. The Bertz CT molecular complexity index is 1690. The zero-order valence-electron chi connectivity index (χ0n) is 23.2. The molecule has 0 aliphatic carbocycles. The molecule has 0 radical (unpaired) electrons. The van der Waals surface area contributed by atoms with E-state index in [1.54, 1.807) is 21.6 Å². The summed E-state index contributed by atoms with van der Waals surface area (Å²) >= 11 is 6.90. The molecule has 208 valence electrons. The van der Waals surface area contributed by atoms with E-state index in [2.05, 4.69) is 35.2 Å². The van der Waals surface area contributed by atoms with Crippen LogP contribution in [0.15, 0.2) is 88.7 Å². The van der Waals surface area contributed by atoms with Crippen LogP contribution in [0.25, 0.3) is 11.7 Å². The standard InChI is InChI=1S/C33H32N4O2S2/c1-22-10-9-17-36-29(22)34-30(35-18-15-25(16-19-35)20-24-11-5-3-6-12-24)27(31(36)38)21-28-32(39)37(33(40)41-28)23(2)26-13-7-4-8-14-26/h3-14,17,21,23,25H,15-16,18-20H2,1-2H3/b28-21+/t23-/m0/s1. The second-order valence-corrected chi connectivity index (χ2v) is 12.5. The van der Waals surface area contributed by atoms with Crippen LogP contribution in [-0.2, 0) is 11.2 Å². The summed E-state index contributed by atoms with van der Waals surface area (Å²) in [4.78, 5) is 37.0. The Hall–Kier alpha value is -3.75. The molecule has 8 heteroatoms. The molecule has 2 saturated heterocycles. The highest BCUT2D eigenvalue weighted by atomic mass is 32.2. The van der Waals surface area contributed by atoms with Crippen molar-refractivity contribution in [2.75, 3.05) is 18.0 Å². The van der Waals surface area contributed by atoms with Crippen LogP contribution in [0.2, 0.25) is 0 Å². The van der Waals surface area contributed by atoms with E-state index in [0.29, 0.717) is 32.2 Å². The summed E-state index contributed by atoms with van der Waals surface area (Å²) in [5.41, 5.74) is 4.19. The number of hydrogen-bond acceptors (Lipinski definition) is 6. The normalized spacial score (nSPS) is 18.0. The van der Waals surface area contributed by atoms with Crippen LogP contribution < -0.4 is 10.5 Å². The Morgan fingerprint density at radius 2 is 1.68 bits per heavy atom. The predicted molar refractivity (Wildman–Crippen MR) is 171 cm³/mol. The minimum atomic E-state index is -0.212. The van der Waals surface area contributed by atoms with Crippen LogP contribution in [0.3, 0.4) is 0 Å². The summed E-state index contributed by atoms with van der Waals surface area (Å²) < 4.78 is 2.07. The quantitative estimate of drug-likeness (QED) is 0.194. The molecule has 4 aromatic rings. The van der Waals surface area contributed by atoms with Gasteiger partial charge in [-0.2, -0.15) is 0 Å². The molecule has 1 atom stereocenters. The van der Waals surface area contributed by atoms with Crippen molar-refractivity contribution in [2.45, 2.75) is 39.2 Å². The number of carbonyl (C=O) groups is 1. The largest absolute Gasteiger partial charge is 0.356 e. The van der Waals surface area contributed by atoms with Gasteiger partial charge in [0.1, 0.15) is 15.8 Å². The van der Waals surface area contributed by atoms with Gasteiger partial charge in [-0.25, -0.2) is 4.98 Å². The van der Waals surface area contributed by atoms with E-state index in [-0.39, 0.29) is 17.5 Å². The number of aromatic nitrogens is 2. The lowest BCUT2D eigenvalue weighted by atomic mass is 9.90. The summed E-state index contributed by atoms with van der Waals surface area (Å²) in [5, 5.41) is 0. The van der Waals surface area contributed by atoms with Crippen molar-refractivity contribution in [1.29, 1.82) is 0 Å². The molecule has 0 bridgehead atoms. The van der Waals surface area contributed by atoms with Gasteiger partial charge in [0.15, 0.2) is 0 Å². The number of piperidine rings is 1. The fraction of sp³-hybridized carbons (Fsp3) is 0.273. The van der Waals surface area contributed by atoms with Crippen LogP contribution in [-0.4, -0.2) is 37.6 Å². The first kappa shape index (κ1) is 27.4. The van der Waals surface area contributed by atoms with Gasteiger partial charge in [-0.1, -0.05) is 90.7 Å². The van der Waals surface area contributed by atoms with Crippen LogP contribution in [0.1, 0.15) is 48.1 Å². The van der Waals surface area contributed by atoms with Crippen LogP contribution in [0.5, 0.6) is 0 Å². The molecule has 6 nitrogen and oxygen atoms in total. The number of nitrogens with zero attached hydrogens (tertiary/aromatic N) is 4. The van der Waals surface area contributed by atoms with Gasteiger partial charge in [0, 0.05) is 19.3 Å². The number of fused-ring (bicyclic) bond motifs is 1. The van der Waals surface area contributed by atoms with E-state index in [9.17, 15) is 9.59 Å². The zero-order chi connectivity index (χ0) is 28.5. The fourth-order valence-electron chi connectivity index (χ4n) is 5.79. The van der Waals surface area contributed by atoms with Crippen molar-refractivity contribution >= 4 is 51.7 Å². The molecule has 2 fully saturated rings. The number of thioether (sulfide) groups is 1. The molecule has 0 spiro atoms. The molecule has 2 aromatic carbocycles. The summed E-state index contributed by atoms with van der Waals surface area (Å²) in [5.74, 6) is 1.04. The lowest BCUT2D eigenvalue weighted by Gasteiger charge is -2.33. The van der Waals surface area contributed by atoms with Crippen molar-refractivity contribution in [2.24, 2.45) is 5.92 Å². The first-order valence-corrected chi connectivity index (χ1v) is 15.3. The van der Waals surface area contributed by atoms with E-state index in [4.69, 9.17) is 17.2 Å². The van der Waals surface area contributed by atoms with E-state index in [0.717, 1.165) is 43.5 Å². The average molecular weight is 581 g/mol. The topological polar surface area (TPSA) is 57.9 Å². The Morgan fingerprint density at radius 3 is 2.39 bits per heavy atom. The van der Waals surface area contributed by atoms with Crippen molar-refractivity contribution in [3.8, 4) is 0 Å². The number of carbonyl (C=O) groups excluding carboxylic acids is 1. The van der Waals surface area contributed by atoms with Gasteiger partial charge in [0.2, 0.25) is 0 Å². The van der Waals surface area contributed by atoms with Crippen LogP contribution >= 0.6 is 24.0 Å². The Labute approximate surface area is 249 Å². The minimum Gasteiger partial charge on any atom is -0.356 e. The number of thiocarbonyl (C=S) groups is 1. The number of amides is 1. The van der Waals surface area contributed by atoms with Gasteiger partial charge in [-0.05, 0) is 67.9 Å². The molecule has 2 aliphatic heterocycles. The molecule has 2 aliphatic rings. The Morgan fingerprint density at radius 1 is 1.00 bits per heavy atom. The molecule has 2 aromatic heterocycles. The number of aryl methyl sites for hydroxylation is 1. The maximum atomic E-state index is 13.9. The first-order valence-electron chi connectivity index (χ1n) is 14.0. The smallest absolute Gasteiger partial charge is 0.267 e. The summed E-state index contributed by atoms with van der Waals surface area (Å²) in [7, 11) is 0. The van der Waals surface area contributed by atoms with E-state index >= 15 is 0 Å². The molecular weight excluding hydrogens is 549 g/mol. The van der Waals surface area contributed by atoms with Crippen LogP contribution in [0, 0.1) is 12.8 Å². The highest BCUT2D eigenvalue weighted by Gasteiger charge is 2.36. The van der Waals surface area contributed by atoms with Crippen molar-refractivity contribution in [3.63, 3.8) is 0 Å². The number of hydrogen-bond donors (Lipinski definition) is 0. The zero-order valence-corrected chi connectivity index (χ0v) is 24.8. The van der Waals surface area contributed by atoms with E-state index in [1.165, 1.54) is 17.3 Å². The van der Waals surface area contributed by atoms with Crippen LogP contribution in [0.4, 0.5) is 5.82 Å². The molecule has 6 rings (SSSR count). The summed E-state index contributed by atoms with van der Waals surface area (Å²) in [6.07, 6.45) is 6.54. The molecule has 0 N–H and O–H groups in total. The van der Waals surface area contributed by atoms with Gasteiger partial charge >= 0.3 is 0 Å². The van der Waals surface area contributed by atoms with Gasteiger partial charge in [-0.3, -0.25) is 18.9 Å². The lowest BCUT2D eigenvalue weighted by molar-refractivity contribution is -0.123. The van der Waals surface area contributed by atoms with Crippen molar-refractivity contribution in [1.82, 2.24) is 14.3 Å². The van der Waals surface area contributed by atoms with Crippen molar-refractivity contribution in [3.05, 3.63) is 117 Å². The predicted octanol–water partition coefficient (Wildman–Crippen LogP) is 6.42. The van der Waals surface area contributed by atoms with E-state index in [1.807, 2.05) is 56.3 Å². The fourth-order valence-corrected chi connectivity index (χ4v) is 7.19. The maximum Gasteiger partial charge on any atom is 0.267 e. The van der Waals surface area contributed by atoms with E-state index < -0.39 is 0 Å². The van der Waals surface area contributed by atoms with Crippen molar-refractivity contribution < 1.29 is 4.79 Å². The maximum absolute atomic E-state index is 13.9. The number of rotatable bonds is 6. The summed E-state index contributed by atoms with van der Waals surface area (Å²) in [6.45, 7) is 5.55. The molecule has 0 saturated carbocycles. The third-order valence-electron chi connectivity index (χ3n) is 8.11. The monoisotopic (exact) mass is 580 g/mol. The molecule has 0 unspecified atom stereocenters. The van der Waals surface area contributed by atoms with Gasteiger partial charge < -0.3 is 4.90 Å². The summed E-state index contributed by atoms with van der Waals surface area (Å²) in [6, 6.07) is 24.1. The highest BCUT2D eigenvalue weighted by molar-refractivity contribution is 8.26. The number of pyridine rings is 1. The highest BCUT2D eigenvalue weighted by Crippen LogP contribution is 2.39. The Kier molecular flexibility index (Phi) is 7.77. The molecular formula is C33H32N4O2S2. The van der Waals surface area contributed by atoms with Gasteiger partial charge in [0.25, 0.3) is 11.5 Å². The van der Waals surface area contributed by atoms with Gasteiger partial charge in [-0.15, -0.1) is 0 Å². The Balaban J connectivity index is 1.34. The second-order valence-electron chi connectivity index (χ2n) is 10.8. The third kappa shape index (κ3) is 5.46. The third-order valence-corrected chi connectivity index (χ3v) is 9.44. The van der Waals surface area contributed by atoms with Gasteiger partial charge in [0.05, 0.1) is 16.5 Å². The average Bonchev–Trinajstić information content (AvgIpc) is 3.28. The first-order chi connectivity index (χ1) is 19.9. The number of benzene rings is 2. The lowest BCUT2D eigenvalue weighted by Crippen LogP contribution is -2.37. The molecule has 1 amide bonds. The molecule has 41 heavy (non-hydrogen) atoms. The molecule has 4 heterocycles. The SMILES string of the molecule is Cc1cccn2c(=O)c(/C=C3/SC(=S)N([C@@H](C)c4ccccc4)C3=O)c(N3CCC(Cc4ccccc4)CC3)nc12.